The minimum Gasteiger partial charge on any atom is -0.271 e. The van der Waals surface area contributed by atoms with E-state index in [2.05, 4.69) is 10.5 Å². The Hall–Kier alpha value is -2.30. The summed E-state index contributed by atoms with van der Waals surface area (Å²) in [4.78, 5) is 12.1. The fourth-order valence-corrected chi connectivity index (χ4v) is 3.41. The molecule has 0 aliphatic rings. The number of hydrogen-bond acceptors (Lipinski definition) is 4. The maximum absolute atomic E-state index is 13.0. The van der Waals surface area contributed by atoms with Gasteiger partial charge in [0.05, 0.1) is 28.7 Å². The summed E-state index contributed by atoms with van der Waals surface area (Å²) in [5.41, 5.74) is 1.14. The molecule has 2 aromatic carbocycles. The second kappa shape index (κ2) is 9.02. The molecule has 0 bridgehead atoms. The van der Waals surface area contributed by atoms with Crippen LogP contribution in [0.4, 0.5) is 18.9 Å². The van der Waals surface area contributed by atoms with Gasteiger partial charge in [-0.25, -0.2) is 13.8 Å². The standard InChI is InChI=1S/C17H14Cl2F3N3O3S/c1-29(27,28)25(15-8-12(17(20,21)22)4-7-14(15)19)10-16(26)24-23-9-11-2-5-13(18)6-3-11/h2-9H,10H2,1H3,(H,24,26)/b23-9-. The van der Waals surface area contributed by atoms with Crippen LogP contribution in [-0.4, -0.2) is 33.3 Å². The minimum atomic E-state index is -4.71. The third-order valence-electron chi connectivity index (χ3n) is 3.50. The summed E-state index contributed by atoms with van der Waals surface area (Å²) in [6.07, 6.45) is -2.68. The van der Waals surface area contributed by atoms with Gasteiger partial charge in [0.1, 0.15) is 6.54 Å². The number of halogens is 5. The van der Waals surface area contributed by atoms with E-state index in [1.165, 1.54) is 6.21 Å². The van der Waals surface area contributed by atoms with Crippen LogP contribution in [0, 0.1) is 0 Å². The summed E-state index contributed by atoms with van der Waals surface area (Å²) < 4.78 is 63.5. The number of sulfonamides is 1. The Bertz CT molecular complexity index is 1030. The van der Waals surface area contributed by atoms with Crippen molar-refractivity contribution in [2.45, 2.75) is 6.18 Å². The summed E-state index contributed by atoms with van der Waals surface area (Å²) >= 11 is 11.6. The summed E-state index contributed by atoms with van der Waals surface area (Å²) in [6.45, 7) is -0.822. The van der Waals surface area contributed by atoms with E-state index in [1.54, 1.807) is 24.3 Å². The van der Waals surface area contributed by atoms with Gasteiger partial charge in [0, 0.05) is 5.02 Å². The first-order valence-electron chi connectivity index (χ1n) is 7.80. The Labute approximate surface area is 175 Å². The molecule has 2 rings (SSSR count). The van der Waals surface area contributed by atoms with Crippen LogP contribution in [0.5, 0.6) is 0 Å². The Morgan fingerprint density at radius 3 is 2.34 bits per heavy atom. The lowest BCUT2D eigenvalue weighted by Gasteiger charge is -2.23. The number of hydrogen-bond donors (Lipinski definition) is 1. The van der Waals surface area contributed by atoms with E-state index in [0.29, 0.717) is 27.0 Å². The second-order valence-corrected chi connectivity index (χ2v) is 8.53. The number of carbonyl (C=O) groups is 1. The van der Waals surface area contributed by atoms with Gasteiger partial charge in [0.15, 0.2) is 0 Å². The van der Waals surface area contributed by atoms with Gasteiger partial charge >= 0.3 is 6.18 Å². The maximum atomic E-state index is 13.0. The molecule has 0 aliphatic carbocycles. The Kier molecular flexibility index (Phi) is 7.15. The molecule has 1 amide bonds. The third-order valence-corrected chi connectivity index (χ3v) is 5.20. The topological polar surface area (TPSA) is 78.8 Å². The van der Waals surface area contributed by atoms with Crippen molar-refractivity contribution in [1.29, 1.82) is 0 Å². The highest BCUT2D eigenvalue weighted by molar-refractivity contribution is 7.92. The van der Waals surface area contributed by atoms with E-state index in [1.807, 2.05) is 0 Å². The lowest BCUT2D eigenvalue weighted by Crippen LogP contribution is -2.39. The number of nitrogens with one attached hydrogen (secondary N) is 1. The quantitative estimate of drug-likeness (QED) is 0.516. The summed E-state index contributed by atoms with van der Waals surface area (Å²) in [6, 6.07) is 8.65. The molecule has 0 saturated carbocycles. The number of anilines is 1. The molecule has 29 heavy (non-hydrogen) atoms. The van der Waals surface area contributed by atoms with Crippen LogP contribution in [0.3, 0.4) is 0 Å². The van der Waals surface area contributed by atoms with Crippen LogP contribution >= 0.6 is 23.2 Å². The van der Waals surface area contributed by atoms with Gasteiger partial charge in [0.2, 0.25) is 10.0 Å². The molecule has 6 nitrogen and oxygen atoms in total. The van der Waals surface area contributed by atoms with Gasteiger partial charge in [0.25, 0.3) is 5.91 Å². The number of carbonyl (C=O) groups excluding carboxylic acids is 1. The molecule has 1 N–H and O–H groups in total. The van der Waals surface area contributed by atoms with E-state index >= 15 is 0 Å². The highest BCUT2D eigenvalue weighted by Gasteiger charge is 2.33. The number of amides is 1. The number of nitrogens with zero attached hydrogens (tertiary/aromatic N) is 2. The molecule has 0 fully saturated rings. The third kappa shape index (κ3) is 6.62. The SMILES string of the molecule is CS(=O)(=O)N(CC(=O)N/N=C\c1ccc(Cl)cc1)c1cc(C(F)(F)F)ccc1Cl. The zero-order valence-corrected chi connectivity index (χ0v) is 17.1. The fourth-order valence-electron chi connectivity index (χ4n) is 2.15. The van der Waals surface area contributed by atoms with Crippen LogP contribution in [0.25, 0.3) is 0 Å². The molecular weight excluding hydrogens is 454 g/mol. The highest BCUT2D eigenvalue weighted by atomic mass is 35.5. The summed E-state index contributed by atoms with van der Waals surface area (Å²) in [5.74, 6) is -0.880. The first-order chi connectivity index (χ1) is 13.4. The van der Waals surface area contributed by atoms with Crippen molar-refractivity contribution in [3.8, 4) is 0 Å². The van der Waals surface area contributed by atoms with Crippen molar-refractivity contribution in [2.75, 3.05) is 17.1 Å². The van der Waals surface area contributed by atoms with Crippen LogP contribution in [-0.2, 0) is 21.0 Å². The van der Waals surface area contributed by atoms with Gasteiger partial charge < -0.3 is 0 Å². The van der Waals surface area contributed by atoms with E-state index in [4.69, 9.17) is 23.2 Å². The van der Waals surface area contributed by atoms with Crippen LogP contribution in [0.1, 0.15) is 11.1 Å². The van der Waals surface area contributed by atoms with Gasteiger partial charge in [-0.05, 0) is 35.9 Å². The van der Waals surface area contributed by atoms with Crippen molar-refractivity contribution in [2.24, 2.45) is 5.10 Å². The van der Waals surface area contributed by atoms with Crippen molar-refractivity contribution >= 4 is 51.0 Å². The average molecular weight is 468 g/mol. The number of hydrazone groups is 1. The van der Waals surface area contributed by atoms with E-state index < -0.39 is 39.9 Å². The first kappa shape index (κ1) is 23.0. The molecular formula is C17H14Cl2F3N3O3S. The molecule has 0 unspecified atom stereocenters. The van der Waals surface area contributed by atoms with Gasteiger partial charge in [-0.1, -0.05) is 35.3 Å². The number of benzene rings is 2. The van der Waals surface area contributed by atoms with E-state index in [0.717, 1.165) is 12.3 Å². The smallest absolute Gasteiger partial charge is 0.271 e. The molecule has 0 aromatic heterocycles. The fraction of sp³-hybridized carbons (Fsp3) is 0.176. The highest BCUT2D eigenvalue weighted by Crippen LogP contribution is 2.36. The monoisotopic (exact) mass is 467 g/mol. The Balaban J connectivity index is 2.22. The predicted octanol–water partition coefficient (Wildman–Crippen LogP) is 3.93. The molecule has 156 valence electrons. The zero-order valence-electron chi connectivity index (χ0n) is 14.7. The van der Waals surface area contributed by atoms with Crippen LogP contribution in [0.2, 0.25) is 10.0 Å². The number of rotatable bonds is 6. The zero-order chi connectivity index (χ0) is 21.8. The Morgan fingerprint density at radius 1 is 1.17 bits per heavy atom. The minimum absolute atomic E-state index is 0.263. The molecule has 0 saturated heterocycles. The largest absolute Gasteiger partial charge is 0.416 e. The lowest BCUT2D eigenvalue weighted by atomic mass is 10.2. The first-order valence-corrected chi connectivity index (χ1v) is 10.4. The summed E-state index contributed by atoms with van der Waals surface area (Å²) in [7, 11) is -4.13. The molecule has 0 aliphatic heterocycles. The summed E-state index contributed by atoms with van der Waals surface area (Å²) in [5, 5.41) is 3.92. The molecule has 0 spiro atoms. The van der Waals surface area contributed by atoms with E-state index in [9.17, 15) is 26.4 Å². The van der Waals surface area contributed by atoms with Crippen LogP contribution in [0.15, 0.2) is 47.6 Å². The number of alkyl halides is 3. The molecule has 0 atom stereocenters. The van der Waals surface area contributed by atoms with Crippen molar-refractivity contribution in [1.82, 2.24) is 5.43 Å². The van der Waals surface area contributed by atoms with Gasteiger partial charge in [-0.2, -0.15) is 18.3 Å². The maximum Gasteiger partial charge on any atom is 0.416 e. The second-order valence-electron chi connectivity index (χ2n) is 5.78. The van der Waals surface area contributed by atoms with Gasteiger partial charge in [-0.3, -0.25) is 9.10 Å². The molecule has 0 heterocycles. The van der Waals surface area contributed by atoms with E-state index in [-0.39, 0.29) is 5.02 Å². The van der Waals surface area contributed by atoms with Crippen molar-refractivity contribution < 1.29 is 26.4 Å². The molecule has 2 aromatic rings. The predicted molar refractivity (Wildman–Crippen MR) is 106 cm³/mol. The Morgan fingerprint density at radius 2 is 1.79 bits per heavy atom. The molecule has 12 heteroatoms. The van der Waals surface area contributed by atoms with Gasteiger partial charge in [-0.15, -0.1) is 0 Å². The lowest BCUT2D eigenvalue weighted by molar-refractivity contribution is -0.137. The normalized spacial score (nSPS) is 12.2. The van der Waals surface area contributed by atoms with Crippen molar-refractivity contribution in [3.63, 3.8) is 0 Å². The van der Waals surface area contributed by atoms with Crippen molar-refractivity contribution in [3.05, 3.63) is 63.6 Å². The molecule has 0 radical (unpaired) electrons. The van der Waals surface area contributed by atoms with Crippen LogP contribution < -0.4 is 9.73 Å². The average Bonchev–Trinajstić information content (AvgIpc) is 2.60.